The first-order valence-electron chi connectivity index (χ1n) is 6.43. The van der Waals surface area contributed by atoms with E-state index in [4.69, 9.17) is 5.11 Å². The molecule has 1 unspecified atom stereocenters. The molecule has 0 aliphatic carbocycles. The van der Waals surface area contributed by atoms with Gasteiger partial charge in [0.25, 0.3) is 0 Å². The molecule has 1 amide bonds. The van der Waals surface area contributed by atoms with Crippen molar-refractivity contribution in [2.75, 3.05) is 19.6 Å². The van der Waals surface area contributed by atoms with Gasteiger partial charge in [-0.3, -0.25) is 9.59 Å². The number of carboxylic acids is 1. The van der Waals surface area contributed by atoms with Crippen molar-refractivity contribution in [3.05, 3.63) is 0 Å². The Labute approximate surface area is 110 Å². The zero-order chi connectivity index (χ0) is 14.3. The van der Waals surface area contributed by atoms with Gasteiger partial charge < -0.3 is 15.3 Å². The molecule has 0 heterocycles. The summed E-state index contributed by atoms with van der Waals surface area (Å²) in [4.78, 5) is 24.3. The van der Waals surface area contributed by atoms with Crippen LogP contribution in [0, 0.1) is 5.92 Å². The van der Waals surface area contributed by atoms with Crippen LogP contribution in [-0.2, 0) is 9.59 Å². The van der Waals surface area contributed by atoms with Crippen LogP contribution in [0.3, 0.4) is 0 Å². The van der Waals surface area contributed by atoms with Crippen LogP contribution >= 0.6 is 0 Å². The van der Waals surface area contributed by atoms with Crippen molar-refractivity contribution in [2.24, 2.45) is 5.92 Å². The molecule has 0 aliphatic heterocycles. The normalized spacial score (nSPS) is 13.2. The first kappa shape index (κ1) is 16.9. The van der Waals surface area contributed by atoms with Gasteiger partial charge in [-0.1, -0.05) is 6.92 Å². The molecule has 0 aliphatic rings. The average Bonchev–Trinajstić information content (AvgIpc) is 2.23. The van der Waals surface area contributed by atoms with Crippen LogP contribution in [0.5, 0.6) is 0 Å². The van der Waals surface area contributed by atoms with Gasteiger partial charge >= 0.3 is 5.97 Å². The first-order valence-corrected chi connectivity index (χ1v) is 6.43. The molecule has 0 spiro atoms. The van der Waals surface area contributed by atoms with Gasteiger partial charge in [-0.25, -0.2) is 0 Å². The van der Waals surface area contributed by atoms with Crippen LogP contribution in [0.2, 0.25) is 0 Å². The number of nitrogens with zero attached hydrogens (tertiary/aromatic N) is 1. The molecule has 5 heteroatoms. The third-order valence-electron chi connectivity index (χ3n) is 2.64. The Bertz CT molecular complexity index is 284. The van der Waals surface area contributed by atoms with Crippen LogP contribution in [0.4, 0.5) is 0 Å². The van der Waals surface area contributed by atoms with E-state index in [1.54, 1.807) is 11.8 Å². The first-order chi connectivity index (χ1) is 8.17. The fraction of sp³-hybridized carbons (Fsp3) is 0.846. The summed E-state index contributed by atoms with van der Waals surface area (Å²) in [5.74, 6) is -1.39. The Morgan fingerprint density at radius 2 is 1.89 bits per heavy atom. The molecule has 0 bridgehead atoms. The predicted molar refractivity (Wildman–Crippen MR) is 71.4 cm³/mol. The second-order valence-corrected chi connectivity index (χ2v) is 5.60. The number of carboxylic acid groups (broad SMARTS) is 1. The van der Waals surface area contributed by atoms with E-state index in [1.165, 1.54) is 0 Å². The van der Waals surface area contributed by atoms with Gasteiger partial charge in [-0.05, 0) is 27.7 Å². The number of amides is 1. The van der Waals surface area contributed by atoms with Crippen molar-refractivity contribution in [1.29, 1.82) is 0 Å². The molecule has 106 valence electrons. The summed E-state index contributed by atoms with van der Waals surface area (Å²) in [5, 5.41) is 12.1. The lowest BCUT2D eigenvalue weighted by Crippen LogP contribution is -2.41. The molecular weight excluding hydrogens is 232 g/mol. The molecule has 18 heavy (non-hydrogen) atoms. The Morgan fingerprint density at radius 1 is 1.33 bits per heavy atom. The van der Waals surface area contributed by atoms with E-state index < -0.39 is 11.9 Å². The van der Waals surface area contributed by atoms with Gasteiger partial charge in [0.15, 0.2) is 0 Å². The van der Waals surface area contributed by atoms with Crippen molar-refractivity contribution in [1.82, 2.24) is 10.2 Å². The summed E-state index contributed by atoms with van der Waals surface area (Å²) >= 11 is 0. The van der Waals surface area contributed by atoms with Crippen LogP contribution in [-0.4, -0.2) is 47.1 Å². The lowest BCUT2D eigenvalue weighted by atomic mass is 10.1. The zero-order valence-electron chi connectivity index (χ0n) is 12.1. The summed E-state index contributed by atoms with van der Waals surface area (Å²) in [7, 11) is 0. The van der Waals surface area contributed by atoms with Gasteiger partial charge in [0.05, 0.1) is 5.92 Å². The van der Waals surface area contributed by atoms with Crippen LogP contribution < -0.4 is 5.32 Å². The van der Waals surface area contributed by atoms with E-state index in [1.807, 2.05) is 27.7 Å². The number of nitrogens with one attached hydrogen (secondary N) is 1. The number of hydrogen-bond acceptors (Lipinski definition) is 3. The minimum atomic E-state index is -0.867. The fourth-order valence-corrected chi connectivity index (χ4v) is 1.52. The number of rotatable bonds is 7. The third kappa shape index (κ3) is 7.27. The van der Waals surface area contributed by atoms with Crippen molar-refractivity contribution in [2.45, 2.75) is 46.6 Å². The summed E-state index contributed by atoms with van der Waals surface area (Å²) in [6, 6.07) is 0. The lowest BCUT2D eigenvalue weighted by Gasteiger charge is -2.25. The Hall–Kier alpha value is -1.10. The highest BCUT2D eigenvalue weighted by Crippen LogP contribution is 2.04. The smallest absolute Gasteiger partial charge is 0.308 e. The lowest BCUT2D eigenvalue weighted by molar-refractivity contribution is -0.143. The van der Waals surface area contributed by atoms with Gasteiger partial charge in [-0.2, -0.15) is 0 Å². The molecule has 0 radical (unpaired) electrons. The Balaban J connectivity index is 4.15. The molecule has 1 atom stereocenters. The summed E-state index contributed by atoms with van der Waals surface area (Å²) in [6.45, 7) is 11.0. The highest BCUT2D eigenvalue weighted by atomic mass is 16.4. The maximum absolute atomic E-state index is 11.9. The molecule has 0 rings (SSSR count). The predicted octanol–water partition coefficient (Wildman–Crippen LogP) is 1.33. The third-order valence-corrected chi connectivity index (χ3v) is 2.64. The molecule has 2 N–H and O–H groups in total. The molecular formula is C13H26N2O3. The Morgan fingerprint density at radius 3 is 2.28 bits per heavy atom. The van der Waals surface area contributed by atoms with Gasteiger partial charge in [-0.15, -0.1) is 0 Å². The van der Waals surface area contributed by atoms with Gasteiger partial charge in [0.1, 0.15) is 0 Å². The van der Waals surface area contributed by atoms with E-state index >= 15 is 0 Å². The van der Waals surface area contributed by atoms with E-state index in [0.717, 1.165) is 0 Å². The highest BCUT2D eigenvalue weighted by molar-refractivity contribution is 5.77. The number of carbonyl (C=O) groups is 2. The number of aliphatic carboxylic acids is 1. The van der Waals surface area contributed by atoms with E-state index in [-0.39, 0.29) is 18.0 Å². The molecule has 0 fully saturated rings. The number of hydrogen-bond donors (Lipinski definition) is 2. The van der Waals surface area contributed by atoms with Gasteiger partial charge in [0.2, 0.25) is 5.91 Å². The SMILES string of the molecule is CCN(CC(C)C(=O)O)C(=O)CCNC(C)(C)C. The quantitative estimate of drug-likeness (QED) is 0.723. The zero-order valence-corrected chi connectivity index (χ0v) is 12.1. The van der Waals surface area contributed by atoms with E-state index in [0.29, 0.717) is 19.5 Å². The topological polar surface area (TPSA) is 69.6 Å². The molecule has 0 aromatic rings. The maximum atomic E-state index is 11.9. The second kappa shape index (κ2) is 7.36. The van der Waals surface area contributed by atoms with Crippen molar-refractivity contribution in [3.63, 3.8) is 0 Å². The van der Waals surface area contributed by atoms with Crippen molar-refractivity contribution >= 4 is 11.9 Å². The minimum absolute atomic E-state index is 0.00218. The second-order valence-electron chi connectivity index (χ2n) is 5.60. The average molecular weight is 258 g/mol. The highest BCUT2D eigenvalue weighted by Gasteiger charge is 2.19. The largest absolute Gasteiger partial charge is 0.481 e. The minimum Gasteiger partial charge on any atom is -0.481 e. The molecule has 0 aromatic carbocycles. The van der Waals surface area contributed by atoms with Crippen LogP contribution in [0.1, 0.15) is 41.0 Å². The summed E-state index contributed by atoms with van der Waals surface area (Å²) in [6.07, 6.45) is 0.400. The Kier molecular flexibility index (Phi) is 6.91. The molecule has 0 aromatic heterocycles. The maximum Gasteiger partial charge on any atom is 0.308 e. The molecule has 5 nitrogen and oxygen atoms in total. The van der Waals surface area contributed by atoms with E-state index in [2.05, 4.69) is 5.32 Å². The van der Waals surface area contributed by atoms with Crippen molar-refractivity contribution < 1.29 is 14.7 Å². The monoisotopic (exact) mass is 258 g/mol. The summed E-state index contributed by atoms with van der Waals surface area (Å²) in [5.41, 5.74) is -0.00825. The van der Waals surface area contributed by atoms with Crippen LogP contribution in [0.25, 0.3) is 0 Å². The molecule has 0 saturated carbocycles. The van der Waals surface area contributed by atoms with Gasteiger partial charge in [0, 0.05) is 31.6 Å². The fourth-order valence-electron chi connectivity index (χ4n) is 1.52. The van der Waals surface area contributed by atoms with E-state index in [9.17, 15) is 9.59 Å². The standard InChI is InChI=1S/C13H26N2O3/c1-6-15(9-10(2)12(17)18)11(16)7-8-14-13(3,4)5/h10,14H,6-9H2,1-5H3,(H,17,18). The summed E-state index contributed by atoms with van der Waals surface area (Å²) < 4.78 is 0. The molecule has 0 saturated heterocycles. The van der Waals surface area contributed by atoms with Crippen molar-refractivity contribution in [3.8, 4) is 0 Å². The number of carbonyl (C=O) groups excluding carboxylic acids is 1. The van der Waals surface area contributed by atoms with Crippen LogP contribution in [0.15, 0.2) is 0 Å².